The van der Waals surface area contributed by atoms with E-state index in [9.17, 15) is 9.59 Å². The molecule has 0 aromatic heterocycles. The molecule has 1 spiro atoms. The molecule has 1 heterocycles. The third kappa shape index (κ3) is 5.79. The summed E-state index contributed by atoms with van der Waals surface area (Å²) in [5, 5.41) is 11.5. The van der Waals surface area contributed by atoms with E-state index in [-0.39, 0.29) is 5.91 Å². The van der Waals surface area contributed by atoms with Gasteiger partial charge in [0.25, 0.3) is 0 Å². The first-order chi connectivity index (χ1) is 11.0. The van der Waals surface area contributed by atoms with Crippen LogP contribution >= 0.6 is 0 Å². The van der Waals surface area contributed by atoms with E-state index in [2.05, 4.69) is 5.32 Å². The number of aliphatic carboxylic acids is 1. The molecule has 4 N–H and O–H groups in total. The Labute approximate surface area is 139 Å². The molecule has 0 aromatic carbocycles. The number of nitrogens with one attached hydrogen (secondary N) is 1. The Morgan fingerprint density at radius 1 is 1.17 bits per heavy atom. The van der Waals surface area contributed by atoms with Gasteiger partial charge in [0.2, 0.25) is 5.91 Å². The molecule has 2 aliphatic carbocycles. The smallest absolute Gasteiger partial charge is 0.303 e. The second kappa shape index (κ2) is 8.67. The van der Waals surface area contributed by atoms with Gasteiger partial charge in [-0.3, -0.25) is 9.59 Å². The molecule has 1 saturated heterocycles. The van der Waals surface area contributed by atoms with Crippen molar-refractivity contribution in [2.24, 2.45) is 23.0 Å². The van der Waals surface area contributed by atoms with Crippen molar-refractivity contribution in [3.8, 4) is 0 Å². The summed E-state index contributed by atoms with van der Waals surface area (Å²) in [6, 6.07) is 0. The molecule has 0 aromatic rings. The molecule has 3 fully saturated rings. The van der Waals surface area contributed by atoms with E-state index in [0.29, 0.717) is 23.7 Å². The van der Waals surface area contributed by atoms with Crippen molar-refractivity contribution >= 4 is 11.9 Å². The molecule has 0 radical (unpaired) electrons. The maximum Gasteiger partial charge on any atom is 0.303 e. The Kier molecular flexibility index (Phi) is 6.88. The van der Waals surface area contributed by atoms with Crippen LogP contribution in [0.25, 0.3) is 0 Å². The van der Waals surface area contributed by atoms with E-state index >= 15 is 0 Å². The number of carboxylic acids is 1. The van der Waals surface area contributed by atoms with Gasteiger partial charge in [0.1, 0.15) is 0 Å². The first-order valence-corrected chi connectivity index (χ1v) is 9.21. The summed E-state index contributed by atoms with van der Waals surface area (Å²) >= 11 is 0. The zero-order chi connectivity index (χ0) is 16.7. The standard InChI is InChI=1S/C9H17NO2.C9H15NO/c10-6-8-3-1-2-7(4-8)5-9(11)12;11-8-6-9(7-10-8)4-2-1-3-5-9/h7-8H,1-6,10H2,(H,11,12);1-7H2,(H,10,11). The minimum atomic E-state index is -0.669. The Balaban J connectivity index is 0.000000167. The highest BCUT2D eigenvalue weighted by Gasteiger charge is 2.38. The molecule has 3 aliphatic rings. The Bertz CT molecular complexity index is 405. The Hall–Kier alpha value is -1.10. The van der Waals surface area contributed by atoms with Gasteiger partial charge in [-0.25, -0.2) is 0 Å². The van der Waals surface area contributed by atoms with Crippen LogP contribution in [0.1, 0.15) is 70.6 Å². The molecule has 2 saturated carbocycles. The number of carbonyl (C=O) groups is 2. The van der Waals surface area contributed by atoms with Crippen molar-refractivity contribution in [3.63, 3.8) is 0 Å². The van der Waals surface area contributed by atoms with E-state index in [1.807, 2.05) is 0 Å². The number of carboxylic acid groups (broad SMARTS) is 1. The van der Waals surface area contributed by atoms with E-state index in [0.717, 1.165) is 38.8 Å². The summed E-state index contributed by atoms with van der Waals surface area (Å²) < 4.78 is 0. The largest absolute Gasteiger partial charge is 0.481 e. The Morgan fingerprint density at radius 2 is 1.87 bits per heavy atom. The number of amides is 1. The first-order valence-electron chi connectivity index (χ1n) is 9.21. The minimum Gasteiger partial charge on any atom is -0.481 e. The lowest BCUT2D eigenvalue weighted by Gasteiger charge is -2.31. The van der Waals surface area contributed by atoms with Crippen LogP contribution in [-0.4, -0.2) is 30.1 Å². The predicted octanol–water partition coefficient (Wildman–Crippen LogP) is 2.68. The molecule has 2 atom stereocenters. The van der Waals surface area contributed by atoms with Gasteiger partial charge < -0.3 is 16.2 Å². The lowest BCUT2D eigenvalue weighted by atomic mass is 9.73. The summed E-state index contributed by atoms with van der Waals surface area (Å²) in [6.07, 6.45) is 12.1. The molecule has 1 aliphatic heterocycles. The monoisotopic (exact) mass is 324 g/mol. The van der Waals surface area contributed by atoms with Gasteiger partial charge >= 0.3 is 5.97 Å². The normalized spacial score (nSPS) is 29.5. The number of rotatable bonds is 3. The lowest BCUT2D eigenvalue weighted by molar-refractivity contribution is -0.138. The highest BCUT2D eigenvalue weighted by molar-refractivity contribution is 5.79. The van der Waals surface area contributed by atoms with Gasteiger partial charge in [0.05, 0.1) is 0 Å². The molecular formula is C18H32N2O3. The maximum atomic E-state index is 11.0. The average molecular weight is 324 g/mol. The van der Waals surface area contributed by atoms with Crippen molar-refractivity contribution < 1.29 is 14.7 Å². The van der Waals surface area contributed by atoms with E-state index in [4.69, 9.17) is 10.8 Å². The summed E-state index contributed by atoms with van der Waals surface area (Å²) in [4.78, 5) is 21.4. The summed E-state index contributed by atoms with van der Waals surface area (Å²) in [7, 11) is 0. The Morgan fingerprint density at radius 3 is 2.43 bits per heavy atom. The molecule has 132 valence electrons. The first kappa shape index (κ1) is 18.2. The van der Waals surface area contributed by atoms with Gasteiger partial charge in [-0.05, 0) is 55.9 Å². The number of carbonyl (C=O) groups excluding carboxylic acids is 1. The van der Waals surface area contributed by atoms with E-state index in [1.54, 1.807) is 0 Å². The van der Waals surface area contributed by atoms with E-state index < -0.39 is 5.97 Å². The second-order valence-electron chi connectivity index (χ2n) is 7.75. The van der Waals surface area contributed by atoms with Gasteiger partial charge in [0, 0.05) is 19.4 Å². The third-order valence-corrected chi connectivity index (χ3v) is 5.80. The van der Waals surface area contributed by atoms with Gasteiger partial charge in [0.15, 0.2) is 0 Å². The fourth-order valence-corrected chi connectivity index (χ4v) is 4.46. The van der Waals surface area contributed by atoms with Gasteiger partial charge in [-0.2, -0.15) is 0 Å². The molecule has 3 rings (SSSR count). The van der Waals surface area contributed by atoms with Crippen LogP contribution in [0.4, 0.5) is 0 Å². The van der Waals surface area contributed by atoms with Crippen LogP contribution in [-0.2, 0) is 9.59 Å². The zero-order valence-electron chi connectivity index (χ0n) is 14.2. The van der Waals surface area contributed by atoms with Crippen molar-refractivity contribution in [1.29, 1.82) is 0 Å². The predicted molar refractivity (Wildman–Crippen MR) is 89.9 cm³/mol. The SMILES string of the molecule is NCC1CCCC(CC(=O)O)C1.O=C1CC2(CCCCC2)CN1. The number of nitrogens with two attached hydrogens (primary N) is 1. The van der Waals surface area contributed by atoms with Crippen LogP contribution < -0.4 is 11.1 Å². The topological polar surface area (TPSA) is 92.4 Å². The number of hydrogen-bond donors (Lipinski definition) is 3. The molecule has 5 nitrogen and oxygen atoms in total. The quantitative estimate of drug-likeness (QED) is 0.744. The fourth-order valence-electron chi connectivity index (χ4n) is 4.46. The number of hydrogen-bond acceptors (Lipinski definition) is 3. The van der Waals surface area contributed by atoms with Crippen molar-refractivity contribution in [1.82, 2.24) is 5.32 Å². The summed E-state index contributed by atoms with van der Waals surface area (Å²) in [6.45, 7) is 1.67. The van der Waals surface area contributed by atoms with Crippen LogP contribution in [0.5, 0.6) is 0 Å². The highest BCUT2D eigenvalue weighted by Crippen LogP contribution is 2.41. The lowest BCUT2D eigenvalue weighted by Crippen LogP contribution is -2.26. The highest BCUT2D eigenvalue weighted by atomic mass is 16.4. The molecule has 2 unspecified atom stereocenters. The summed E-state index contributed by atoms with van der Waals surface area (Å²) in [5.74, 6) is 0.553. The van der Waals surface area contributed by atoms with E-state index in [1.165, 1.54) is 38.5 Å². The maximum absolute atomic E-state index is 11.0. The minimum absolute atomic E-state index is 0.270. The summed E-state index contributed by atoms with van der Waals surface area (Å²) in [5.41, 5.74) is 5.93. The average Bonchev–Trinajstić information content (AvgIpc) is 2.88. The molecular weight excluding hydrogens is 292 g/mol. The molecule has 1 amide bonds. The van der Waals surface area contributed by atoms with Crippen LogP contribution in [0.2, 0.25) is 0 Å². The van der Waals surface area contributed by atoms with Crippen LogP contribution in [0, 0.1) is 17.3 Å². The fraction of sp³-hybridized carbons (Fsp3) is 0.889. The molecule has 0 bridgehead atoms. The van der Waals surface area contributed by atoms with Crippen molar-refractivity contribution in [2.75, 3.05) is 13.1 Å². The third-order valence-electron chi connectivity index (χ3n) is 5.80. The molecule has 5 heteroatoms. The van der Waals surface area contributed by atoms with Crippen LogP contribution in [0.15, 0.2) is 0 Å². The second-order valence-corrected chi connectivity index (χ2v) is 7.75. The zero-order valence-corrected chi connectivity index (χ0v) is 14.2. The van der Waals surface area contributed by atoms with Crippen LogP contribution in [0.3, 0.4) is 0 Å². The van der Waals surface area contributed by atoms with Crippen molar-refractivity contribution in [3.05, 3.63) is 0 Å². The molecule has 23 heavy (non-hydrogen) atoms. The van der Waals surface area contributed by atoms with Gasteiger partial charge in [-0.15, -0.1) is 0 Å². The van der Waals surface area contributed by atoms with Gasteiger partial charge in [-0.1, -0.05) is 25.7 Å². The van der Waals surface area contributed by atoms with Crippen molar-refractivity contribution in [2.45, 2.75) is 70.6 Å².